The first-order valence-corrected chi connectivity index (χ1v) is 16.0. The van der Waals surface area contributed by atoms with Crippen molar-refractivity contribution in [2.75, 3.05) is 18.0 Å². The molecule has 2 fully saturated rings. The molecule has 10 heteroatoms. The zero-order valence-corrected chi connectivity index (χ0v) is 25.7. The van der Waals surface area contributed by atoms with Crippen LogP contribution in [0.3, 0.4) is 0 Å². The number of benzene rings is 2. The lowest BCUT2D eigenvalue weighted by atomic mass is 9.81. The fraction of sp³-hybridized carbons (Fsp3) is 0.419. The van der Waals surface area contributed by atoms with Crippen LogP contribution < -0.4 is 9.77 Å². The number of amides is 3. The van der Waals surface area contributed by atoms with Crippen LogP contribution in [0.15, 0.2) is 58.4 Å². The lowest BCUT2D eigenvalue weighted by molar-refractivity contribution is -0.133. The van der Waals surface area contributed by atoms with Gasteiger partial charge in [-0.3, -0.25) is 23.7 Å². The predicted octanol–water partition coefficient (Wildman–Crippen LogP) is 5.67. The lowest BCUT2D eigenvalue weighted by Gasteiger charge is -2.31. The van der Waals surface area contributed by atoms with E-state index in [1.807, 2.05) is 17.0 Å². The van der Waals surface area contributed by atoms with Crippen LogP contribution in [0.25, 0.3) is 0 Å². The molecular weight excluding hydrogens is 578 g/mol. The van der Waals surface area contributed by atoms with Gasteiger partial charge in [0.2, 0.25) is 17.7 Å². The first-order valence-electron chi connectivity index (χ1n) is 14.0. The first-order chi connectivity index (χ1) is 19.5. The van der Waals surface area contributed by atoms with Crippen molar-refractivity contribution in [2.45, 2.75) is 68.2 Å². The van der Waals surface area contributed by atoms with Crippen LogP contribution in [0.1, 0.15) is 62.0 Å². The number of carbonyl (C=O) groups is 3. The third-order valence-electron chi connectivity index (χ3n) is 8.27. The molecule has 7 nitrogen and oxygen atoms in total. The molecule has 6 rings (SSSR count). The molecule has 0 N–H and O–H groups in total. The SMILES string of the molecule is CC(C)(C)c1ccc([C@H]2c3sc(=O)n(CC(=O)N4CCCCC4)c3SC3C(=O)N(c4ccc(Cl)cc4)C(=O)C32)cc1. The molecule has 2 unspecified atom stereocenters. The van der Waals surface area contributed by atoms with E-state index < -0.39 is 17.1 Å². The summed E-state index contributed by atoms with van der Waals surface area (Å²) < 4.78 is 1.52. The summed E-state index contributed by atoms with van der Waals surface area (Å²) in [6, 6.07) is 14.8. The van der Waals surface area contributed by atoms with Crippen LogP contribution in [-0.4, -0.2) is 45.5 Å². The van der Waals surface area contributed by atoms with E-state index in [0.29, 0.717) is 28.8 Å². The quantitative estimate of drug-likeness (QED) is 0.356. The van der Waals surface area contributed by atoms with Crippen molar-refractivity contribution in [1.82, 2.24) is 9.47 Å². The molecule has 0 spiro atoms. The third-order valence-corrected chi connectivity index (χ3v) is 11.1. The summed E-state index contributed by atoms with van der Waals surface area (Å²) in [6.07, 6.45) is 3.03. The standard InChI is InChI=1S/C31H32ClN3O4S2/c1-31(2,3)19-9-7-18(8-10-19)23-24-25(28(38)35(27(24)37)21-13-11-20(32)12-14-21)40-29-26(23)41-30(39)34(29)17-22(36)33-15-5-4-6-16-33/h7-14,23-25H,4-6,15-17H2,1-3H3/t23-,24?,25?/m1/s1. The normalized spacial score (nSPS) is 22.6. The summed E-state index contributed by atoms with van der Waals surface area (Å²) in [5, 5.41) is 0.417. The summed E-state index contributed by atoms with van der Waals surface area (Å²) in [6.45, 7) is 7.76. The van der Waals surface area contributed by atoms with E-state index in [2.05, 4.69) is 32.9 Å². The van der Waals surface area contributed by atoms with Crippen molar-refractivity contribution in [2.24, 2.45) is 5.92 Å². The zero-order valence-electron chi connectivity index (χ0n) is 23.3. The predicted molar refractivity (Wildman–Crippen MR) is 163 cm³/mol. The molecule has 2 aromatic carbocycles. The lowest BCUT2D eigenvalue weighted by Crippen LogP contribution is -2.39. The maximum absolute atomic E-state index is 14.0. The highest BCUT2D eigenvalue weighted by Gasteiger charge is 2.56. The summed E-state index contributed by atoms with van der Waals surface area (Å²) >= 11 is 8.42. The van der Waals surface area contributed by atoms with Gasteiger partial charge >= 0.3 is 4.87 Å². The minimum absolute atomic E-state index is 0.0534. The Bertz CT molecular complexity index is 1570. The highest BCUT2D eigenvalue weighted by Crippen LogP contribution is 2.54. The Balaban J connectivity index is 1.44. The van der Waals surface area contributed by atoms with Crippen LogP contribution in [0, 0.1) is 5.92 Å². The van der Waals surface area contributed by atoms with Gasteiger partial charge in [-0.05, 0) is 60.1 Å². The van der Waals surface area contributed by atoms with Gasteiger partial charge in [-0.15, -0.1) is 0 Å². The highest BCUT2D eigenvalue weighted by molar-refractivity contribution is 8.00. The molecule has 3 aromatic rings. The topological polar surface area (TPSA) is 79.7 Å². The minimum atomic E-state index is -0.719. The number of imide groups is 1. The summed E-state index contributed by atoms with van der Waals surface area (Å²) in [4.78, 5) is 58.1. The number of nitrogens with zero attached hydrogens (tertiary/aromatic N) is 3. The van der Waals surface area contributed by atoms with E-state index in [1.165, 1.54) is 21.2 Å². The smallest absolute Gasteiger partial charge is 0.308 e. The number of halogens is 1. The fourth-order valence-electron chi connectivity index (χ4n) is 6.03. The molecule has 214 valence electrons. The second-order valence-corrected chi connectivity index (χ2v) is 14.5. The van der Waals surface area contributed by atoms with Gasteiger partial charge in [-0.25, -0.2) is 4.90 Å². The van der Waals surface area contributed by atoms with E-state index >= 15 is 0 Å². The Morgan fingerprint density at radius 2 is 1.59 bits per heavy atom. The molecule has 0 saturated carbocycles. The maximum atomic E-state index is 14.0. The van der Waals surface area contributed by atoms with Crippen LogP contribution >= 0.6 is 34.7 Å². The molecule has 1 aromatic heterocycles. The van der Waals surface area contributed by atoms with Crippen molar-refractivity contribution in [3.8, 4) is 0 Å². The van der Waals surface area contributed by atoms with Crippen LogP contribution in [-0.2, 0) is 26.3 Å². The second kappa shape index (κ2) is 10.7. The Hall–Kier alpha value is -2.88. The number of hydrogen-bond donors (Lipinski definition) is 0. The van der Waals surface area contributed by atoms with Crippen LogP contribution in [0.5, 0.6) is 0 Å². The van der Waals surface area contributed by atoms with E-state index in [1.54, 1.807) is 24.3 Å². The van der Waals surface area contributed by atoms with Crippen LogP contribution in [0.2, 0.25) is 5.02 Å². The summed E-state index contributed by atoms with van der Waals surface area (Å²) in [5.74, 6) is -1.86. The van der Waals surface area contributed by atoms with Gasteiger partial charge in [0.1, 0.15) is 11.8 Å². The second-order valence-electron chi connectivity index (χ2n) is 12.0. The average molecular weight is 610 g/mol. The number of aromatic nitrogens is 1. The van der Waals surface area contributed by atoms with Gasteiger partial charge in [-0.1, -0.05) is 79.7 Å². The number of fused-ring (bicyclic) bond motifs is 2. The summed E-state index contributed by atoms with van der Waals surface area (Å²) in [7, 11) is 0. The van der Waals surface area contributed by atoms with E-state index in [0.717, 1.165) is 46.6 Å². The Morgan fingerprint density at radius 1 is 0.927 bits per heavy atom. The van der Waals surface area contributed by atoms with Gasteiger partial charge in [0, 0.05) is 28.9 Å². The Labute approximate surface area is 252 Å². The molecule has 3 atom stereocenters. The molecule has 3 aliphatic heterocycles. The van der Waals surface area contributed by atoms with Gasteiger partial charge in [0.05, 0.1) is 16.6 Å². The molecule has 0 bridgehead atoms. The highest BCUT2D eigenvalue weighted by atomic mass is 35.5. The number of thiazole rings is 1. The van der Waals surface area contributed by atoms with Gasteiger partial charge in [0.25, 0.3) is 0 Å². The minimum Gasteiger partial charge on any atom is -0.341 e. The summed E-state index contributed by atoms with van der Waals surface area (Å²) in [5.41, 5.74) is 2.45. The van der Waals surface area contributed by atoms with Crippen molar-refractivity contribution in [1.29, 1.82) is 0 Å². The Morgan fingerprint density at radius 3 is 2.22 bits per heavy atom. The monoisotopic (exact) mass is 609 g/mol. The van der Waals surface area contributed by atoms with E-state index in [4.69, 9.17) is 11.6 Å². The molecule has 41 heavy (non-hydrogen) atoms. The number of rotatable bonds is 4. The number of hydrogen-bond acceptors (Lipinski definition) is 6. The van der Waals surface area contributed by atoms with Crippen molar-refractivity contribution in [3.63, 3.8) is 0 Å². The Kier molecular flexibility index (Phi) is 7.41. The zero-order chi connectivity index (χ0) is 29.1. The average Bonchev–Trinajstić information content (AvgIpc) is 3.40. The van der Waals surface area contributed by atoms with E-state index in [9.17, 15) is 19.2 Å². The maximum Gasteiger partial charge on any atom is 0.308 e. The number of piperidine rings is 1. The van der Waals surface area contributed by atoms with Gasteiger partial charge < -0.3 is 4.90 Å². The largest absolute Gasteiger partial charge is 0.341 e. The number of carbonyl (C=O) groups excluding carboxylic acids is 3. The number of anilines is 1. The van der Waals surface area contributed by atoms with Gasteiger partial charge in [-0.2, -0.15) is 0 Å². The molecular formula is C31H32ClN3O4S2. The first kappa shape index (κ1) is 28.2. The fourth-order valence-corrected chi connectivity index (χ4v) is 8.93. The molecule has 3 amide bonds. The third kappa shape index (κ3) is 5.06. The number of likely N-dealkylation sites (tertiary alicyclic amines) is 1. The van der Waals surface area contributed by atoms with Crippen molar-refractivity contribution >= 4 is 58.1 Å². The van der Waals surface area contributed by atoms with E-state index in [-0.39, 0.29) is 34.6 Å². The van der Waals surface area contributed by atoms with Crippen molar-refractivity contribution in [3.05, 3.63) is 79.2 Å². The molecule has 3 aliphatic rings. The molecule has 4 heterocycles. The number of thioether (sulfide) groups is 1. The van der Waals surface area contributed by atoms with Crippen molar-refractivity contribution < 1.29 is 14.4 Å². The van der Waals surface area contributed by atoms with Gasteiger partial charge in [0.15, 0.2) is 0 Å². The molecule has 2 saturated heterocycles. The molecule has 0 radical (unpaired) electrons. The van der Waals surface area contributed by atoms with Crippen LogP contribution in [0.4, 0.5) is 5.69 Å². The molecule has 0 aliphatic carbocycles.